The molecule has 0 radical (unpaired) electrons. The van der Waals surface area contributed by atoms with E-state index in [2.05, 4.69) is 21.6 Å². The standard InChI is InChI=1S/C19H22N4O3S/c1-3-26-18(25)9-6-10-20-17(24)12-27-19-22-21-16-11-13(2)14-7-4-5-8-15(14)23(16)19/h4-5,7-8,11H,3,6,9-10,12H2,1-2H3,(H,20,24). The minimum atomic E-state index is -0.238. The average molecular weight is 386 g/mol. The summed E-state index contributed by atoms with van der Waals surface area (Å²) in [6, 6.07) is 10.1. The first-order valence-electron chi connectivity index (χ1n) is 8.88. The summed E-state index contributed by atoms with van der Waals surface area (Å²) in [5.41, 5.74) is 2.93. The molecule has 0 bridgehead atoms. The molecule has 1 aromatic carbocycles. The van der Waals surface area contributed by atoms with Gasteiger partial charge in [-0.15, -0.1) is 10.2 Å². The maximum Gasteiger partial charge on any atom is 0.305 e. The number of hydrogen-bond acceptors (Lipinski definition) is 6. The van der Waals surface area contributed by atoms with Crippen molar-refractivity contribution in [2.24, 2.45) is 0 Å². The number of thioether (sulfide) groups is 1. The number of hydrogen-bond donors (Lipinski definition) is 1. The number of aryl methyl sites for hydroxylation is 1. The number of nitrogens with one attached hydrogen (secondary N) is 1. The number of amides is 1. The Balaban J connectivity index is 1.60. The first-order chi connectivity index (χ1) is 13.1. The van der Waals surface area contributed by atoms with Crippen LogP contribution in [-0.2, 0) is 14.3 Å². The molecule has 0 saturated carbocycles. The predicted molar refractivity (Wildman–Crippen MR) is 105 cm³/mol. The third-order valence-corrected chi connectivity index (χ3v) is 5.02. The van der Waals surface area contributed by atoms with E-state index in [1.54, 1.807) is 6.92 Å². The summed E-state index contributed by atoms with van der Waals surface area (Å²) in [5.74, 6) is -0.0992. The van der Waals surface area contributed by atoms with Gasteiger partial charge in [0.1, 0.15) is 0 Å². The smallest absolute Gasteiger partial charge is 0.305 e. The molecule has 0 aliphatic heterocycles. The molecule has 0 spiro atoms. The van der Waals surface area contributed by atoms with Gasteiger partial charge in [0.15, 0.2) is 10.8 Å². The van der Waals surface area contributed by atoms with Crippen LogP contribution in [0.15, 0.2) is 35.5 Å². The number of nitrogens with zero attached hydrogens (tertiary/aromatic N) is 3. The Hall–Kier alpha value is -2.61. The molecule has 3 aromatic rings. The average Bonchev–Trinajstić information content (AvgIpc) is 3.07. The molecule has 3 rings (SSSR count). The first kappa shape index (κ1) is 19.2. The highest BCUT2D eigenvalue weighted by atomic mass is 32.2. The van der Waals surface area contributed by atoms with Gasteiger partial charge in [-0.1, -0.05) is 30.0 Å². The fourth-order valence-electron chi connectivity index (χ4n) is 2.84. The Morgan fingerprint density at radius 1 is 1.26 bits per heavy atom. The van der Waals surface area contributed by atoms with Crippen LogP contribution in [0.4, 0.5) is 0 Å². The second kappa shape index (κ2) is 8.85. The van der Waals surface area contributed by atoms with Crippen LogP contribution in [0.3, 0.4) is 0 Å². The van der Waals surface area contributed by atoms with Crippen molar-refractivity contribution in [2.45, 2.75) is 31.8 Å². The number of aromatic nitrogens is 3. The van der Waals surface area contributed by atoms with Crippen LogP contribution in [0.25, 0.3) is 16.6 Å². The van der Waals surface area contributed by atoms with Gasteiger partial charge in [0.25, 0.3) is 0 Å². The Bertz CT molecular complexity index is 970. The zero-order chi connectivity index (χ0) is 19.2. The third-order valence-electron chi connectivity index (χ3n) is 4.09. The van der Waals surface area contributed by atoms with Gasteiger partial charge in [0, 0.05) is 18.4 Å². The normalized spacial score (nSPS) is 11.0. The van der Waals surface area contributed by atoms with Crippen molar-refractivity contribution in [1.82, 2.24) is 19.9 Å². The summed E-state index contributed by atoms with van der Waals surface area (Å²) in [7, 11) is 0. The molecule has 0 aliphatic carbocycles. The van der Waals surface area contributed by atoms with Gasteiger partial charge in [-0.05, 0) is 38.0 Å². The van der Waals surface area contributed by atoms with E-state index in [1.807, 2.05) is 35.6 Å². The van der Waals surface area contributed by atoms with Gasteiger partial charge in [-0.3, -0.25) is 14.0 Å². The van der Waals surface area contributed by atoms with Gasteiger partial charge in [-0.2, -0.15) is 0 Å². The molecule has 142 valence electrons. The highest BCUT2D eigenvalue weighted by Gasteiger charge is 2.13. The molecule has 27 heavy (non-hydrogen) atoms. The van der Waals surface area contributed by atoms with E-state index in [0.717, 1.165) is 22.1 Å². The molecule has 8 heteroatoms. The number of benzene rings is 1. The van der Waals surface area contributed by atoms with Crippen molar-refractivity contribution in [3.05, 3.63) is 35.9 Å². The van der Waals surface area contributed by atoms with Crippen molar-refractivity contribution in [1.29, 1.82) is 0 Å². The molecule has 0 fully saturated rings. The monoisotopic (exact) mass is 386 g/mol. The molecule has 0 aliphatic rings. The van der Waals surface area contributed by atoms with Crippen molar-refractivity contribution in [2.75, 3.05) is 18.9 Å². The Morgan fingerprint density at radius 2 is 2.07 bits per heavy atom. The van der Waals surface area contributed by atoms with Crippen molar-refractivity contribution < 1.29 is 14.3 Å². The second-order valence-corrected chi connectivity index (χ2v) is 7.01. The number of esters is 1. The minimum Gasteiger partial charge on any atom is -0.466 e. The molecular formula is C19H22N4O3S. The lowest BCUT2D eigenvalue weighted by Gasteiger charge is -2.07. The van der Waals surface area contributed by atoms with Crippen LogP contribution >= 0.6 is 11.8 Å². The maximum absolute atomic E-state index is 12.1. The van der Waals surface area contributed by atoms with E-state index in [-0.39, 0.29) is 17.6 Å². The number of fused-ring (bicyclic) bond motifs is 3. The van der Waals surface area contributed by atoms with Gasteiger partial charge >= 0.3 is 5.97 Å². The van der Waals surface area contributed by atoms with Crippen molar-refractivity contribution in [3.63, 3.8) is 0 Å². The number of para-hydroxylation sites is 1. The summed E-state index contributed by atoms with van der Waals surface area (Å²) < 4.78 is 6.83. The fourth-order valence-corrected chi connectivity index (χ4v) is 3.62. The van der Waals surface area contributed by atoms with Crippen molar-refractivity contribution >= 4 is 40.2 Å². The number of rotatable bonds is 8. The first-order valence-corrected chi connectivity index (χ1v) is 9.87. The summed E-state index contributed by atoms with van der Waals surface area (Å²) in [6.07, 6.45) is 0.869. The van der Waals surface area contributed by atoms with E-state index >= 15 is 0 Å². The quantitative estimate of drug-likeness (QED) is 0.364. The predicted octanol–water partition coefficient (Wildman–Crippen LogP) is 2.74. The largest absolute Gasteiger partial charge is 0.466 e. The van der Waals surface area contributed by atoms with Gasteiger partial charge in [0.05, 0.1) is 17.9 Å². The van der Waals surface area contributed by atoms with E-state index in [1.165, 1.54) is 11.8 Å². The van der Waals surface area contributed by atoms with Gasteiger partial charge in [-0.25, -0.2) is 0 Å². The molecule has 0 atom stereocenters. The van der Waals surface area contributed by atoms with Gasteiger partial charge < -0.3 is 10.1 Å². The molecule has 2 heterocycles. The Morgan fingerprint density at radius 3 is 2.89 bits per heavy atom. The third kappa shape index (κ3) is 4.57. The number of carbonyl (C=O) groups excluding carboxylic acids is 2. The van der Waals surface area contributed by atoms with Crippen LogP contribution in [0.5, 0.6) is 0 Å². The highest BCUT2D eigenvalue weighted by molar-refractivity contribution is 7.99. The van der Waals surface area contributed by atoms with E-state index in [0.29, 0.717) is 31.1 Å². The molecule has 0 unspecified atom stereocenters. The van der Waals surface area contributed by atoms with Crippen LogP contribution in [0.1, 0.15) is 25.3 Å². The summed E-state index contributed by atoms with van der Waals surface area (Å²) in [4.78, 5) is 23.3. The molecule has 2 aromatic heterocycles. The van der Waals surface area contributed by atoms with Crippen molar-refractivity contribution in [3.8, 4) is 0 Å². The molecular weight excluding hydrogens is 364 g/mol. The highest BCUT2D eigenvalue weighted by Crippen LogP contribution is 2.25. The zero-order valence-corrected chi connectivity index (χ0v) is 16.2. The lowest BCUT2D eigenvalue weighted by Crippen LogP contribution is -2.26. The minimum absolute atomic E-state index is 0.1000. The summed E-state index contributed by atoms with van der Waals surface area (Å²) in [6.45, 7) is 4.65. The topological polar surface area (TPSA) is 85.6 Å². The summed E-state index contributed by atoms with van der Waals surface area (Å²) in [5, 5.41) is 13.1. The zero-order valence-electron chi connectivity index (χ0n) is 15.4. The Labute approximate surface area is 161 Å². The van der Waals surface area contributed by atoms with E-state index in [4.69, 9.17) is 4.74 Å². The van der Waals surface area contributed by atoms with E-state index < -0.39 is 0 Å². The lowest BCUT2D eigenvalue weighted by molar-refractivity contribution is -0.143. The second-order valence-electron chi connectivity index (χ2n) is 6.07. The molecule has 1 N–H and O–H groups in total. The van der Waals surface area contributed by atoms with E-state index in [9.17, 15) is 9.59 Å². The Kier molecular flexibility index (Phi) is 6.28. The molecule has 0 saturated heterocycles. The SMILES string of the molecule is CCOC(=O)CCCNC(=O)CSc1nnc2cc(C)c3ccccc3n12. The lowest BCUT2D eigenvalue weighted by atomic mass is 10.1. The maximum atomic E-state index is 12.1. The number of pyridine rings is 1. The van der Waals surface area contributed by atoms with Crippen LogP contribution in [0, 0.1) is 6.92 Å². The van der Waals surface area contributed by atoms with Crippen LogP contribution in [-0.4, -0.2) is 45.4 Å². The fraction of sp³-hybridized carbons (Fsp3) is 0.368. The van der Waals surface area contributed by atoms with Crippen LogP contribution in [0.2, 0.25) is 0 Å². The molecule has 7 nitrogen and oxygen atoms in total. The number of ether oxygens (including phenoxy) is 1. The van der Waals surface area contributed by atoms with Crippen LogP contribution < -0.4 is 5.32 Å². The molecule has 1 amide bonds. The van der Waals surface area contributed by atoms with Gasteiger partial charge in [0.2, 0.25) is 5.91 Å². The summed E-state index contributed by atoms with van der Waals surface area (Å²) >= 11 is 1.34. The number of carbonyl (C=O) groups is 2.